The van der Waals surface area contributed by atoms with Crippen LogP contribution >= 0.6 is 0 Å². The van der Waals surface area contributed by atoms with Crippen LogP contribution in [0.1, 0.15) is 48.4 Å². The lowest BCUT2D eigenvalue weighted by atomic mass is 9.95. The van der Waals surface area contributed by atoms with Crippen molar-refractivity contribution in [3.63, 3.8) is 0 Å². The first-order valence-corrected chi connectivity index (χ1v) is 12.0. The Hall–Kier alpha value is -3.94. The Balaban J connectivity index is 1.58. The lowest BCUT2D eigenvalue weighted by Crippen LogP contribution is -2.18. The molecule has 7 nitrogen and oxygen atoms in total. The minimum atomic E-state index is -0.932. The summed E-state index contributed by atoms with van der Waals surface area (Å²) in [5.74, 6) is 0.363. The summed E-state index contributed by atoms with van der Waals surface area (Å²) in [6, 6.07) is 12.1. The van der Waals surface area contributed by atoms with E-state index in [9.17, 15) is 14.3 Å². The average molecular weight is 491 g/mol. The van der Waals surface area contributed by atoms with Crippen LogP contribution in [0.25, 0.3) is 22.2 Å². The van der Waals surface area contributed by atoms with E-state index in [-0.39, 0.29) is 11.9 Å². The summed E-state index contributed by atoms with van der Waals surface area (Å²) < 4.78 is 22.2. The molecule has 36 heavy (non-hydrogen) atoms. The van der Waals surface area contributed by atoms with E-state index in [1.165, 1.54) is 12.4 Å². The summed E-state index contributed by atoms with van der Waals surface area (Å²) in [7, 11) is 1.58. The topological polar surface area (TPSA) is 89.3 Å². The van der Waals surface area contributed by atoms with E-state index in [2.05, 4.69) is 29.1 Å². The monoisotopic (exact) mass is 490 g/mol. The number of ether oxygens (including phenoxy) is 1. The highest BCUT2D eigenvalue weighted by Crippen LogP contribution is 2.33. The number of carboxylic acid groups (broad SMARTS) is 1. The number of nitrogens with zero attached hydrogens (tertiary/aromatic N) is 3. The van der Waals surface area contributed by atoms with Crippen molar-refractivity contribution in [3.05, 3.63) is 71.4 Å². The molecular weight excluding hydrogens is 459 g/mol. The zero-order valence-electron chi connectivity index (χ0n) is 21.2. The van der Waals surface area contributed by atoms with Gasteiger partial charge in [0.15, 0.2) is 0 Å². The third-order valence-corrected chi connectivity index (χ3v) is 6.27. The molecule has 0 spiro atoms. The third kappa shape index (κ3) is 5.03. The van der Waals surface area contributed by atoms with Gasteiger partial charge >= 0.3 is 5.97 Å². The van der Waals surface area contributed by atoms with Crippen LogP contribution in [0.15, 0.2) is 48.8 Å². The number of fused-ring (bicyclic) bond motifs is 1. The molecule has 0 radical (unpaired) electrons. The Morgan fingerprint density at radius 2 is 1.92 bits per heavy atom. The van der Waals surface area contributed by atoms with Crippen LogP contribution in [0, 0.1) is 18.7 Å². The van der Waals surface area contributed by atoms with Crippen molar-refractivity contribution < 1.29 is 19.0 Å². The number of rotatable bonds is 9. The first-order chi connectivity index (χ1) is 17.2. The van der Waals surface area contributed by atoms with Crippen LogP contribution in [0.3, 0.4) is 0 Å². The lowest BCUT2D eigenvalue weighted by Gasteiger charge is -2.19. The summed E-state index contributed by atoms with van der Waals surface area (Å²) in [6.07, 6.45) is 2.14. The minimum absolute atomic E-state index is 0.0741. The van der Waals surface area contributed by atoms with Crippen LogP contribution in [0.2, 0.25) is 0 Å². The van der Waals surface area contributed by atoms with Crippen LogP contribution in [0.5, 0.6) is 5.75 Å². The molecule has 0 fully saturated rings. The number of carbonyl (C=O) groups is 1. The molecule has 4 aromatic rings. The molecule has 0 aliphatic heterocycles. The molecule has 4 rings (SSSR count). The first-order valence-electron chi connectivity index (χ1n) is 12.0. The Kier molecular flexibility index (Phi) is 7.24. The summed E-state index contributed by atoms with van der Waals surface area (Å²) in [6.45, 7) is 8.60. The molecule has 0 amide bonds. The quantitative estimate of drug-likeness (QED) is 0.294. The summed E-state index contributed by atoms with van der Waals surface area (Å²) in [5.41, 5.74) is 4.06. The van der Waals surface area contributed by atoms with Crippen molar-refractivity contribution in [2.75, 3.05) is 19.0 Å². The number of hydrogen-bond donors (Lipinski definition) is 2. The number of benzene rings is 2. The van der Waals surface area contributed by atoms with Crippen molar-refractivity contribution in [1.82, 2.24) is 14.5 Å². The van der Waals surface area contributed by atoms with Gasteiger partial charge in [0.2, 0.25) is 0 Å². The number of aromatic nitrogens is 3. The minimum Gasteiger partial charge on any atom is -0.496 e. The molecule has 2 aromatic heterocycles. The maximum Gasteiger partial charge on any atom is 0.335 e. The Bertz CT molecular complexity index is 1410. The van der Waals surface area contributed by atoms with Gasteiger partial charge in [0, 0.05) is 35.3 Å². The number of hydrogen-bond acceptors (Lipinski definition) is 5. The van der Waals surface area contributed by atoms with Gasteiger partial charge in [0.25, 0.3) is 0 Å². The van der Waals surface area contributed by atoms with E-state index >= 15 is 0 Å². The molecule has 2 aromatic carbocycles. The van der Waals surface area contributed by atoms with E-state index in [0.29, 0.717) is 47.2 Å². The normalized spacial score (nSPS) is 12.2. The molecule has 0 saturated heterocycles. The van der Waals surface area contributed by atoms with Crippen molar-refractivity contribution in [2.45, 2.75) is 40.2 Å². The number of anilines is 1. The highest BCUT2D eigenvalue weighted by atomic mass is 19.1. The van der Waals surface area contributed by atoms with Gasteiger partial charge in [-0.2, -0.15) is 0 Å². The van der Waals surface area contributed by atoms with Gasteiger partial charge in [0.05, 0.1) is 23.9 Å². The first kappa shape index (κ1) is 25.2. The van der Waals surface area contributed by atoms with Crippen LogP contribution < -0.4 is 10.1 Å². The van der Waals surface area contributed by atoms with Gasteiger partial charge in [-0.05, 0) is 62.1 Å². The molecule has 1 unspecified atom stereocenters. The Labute approximate surface area is 210 Å². The fourth-order valence-corrected chi connectivity index (χ4v) is 4.67. The summed E-state index contributed by atoms with van der Waals surface area (Å²) in [4.78, 5) is 20.4. The van der Waals surface area contributed by atoms with Crippen molar-refractivity contribution in [3.8, 4) is 17.0 Å². The number of aryl methyl sites for hydroxylation is 1. The maximum atomic E-state index is 14.8. The van der Waals surface area contributed by atoms with Crippen molar-refractivity contribution in [2.24, 2.45) is 5.92 Å². The van der Waals surface area contributed by atoms with Gasteiger partial charge in [-0.3, -0.25) is 0 Å². The number of halogens is 1. The fraction of sp³-hybridized carbons (Fsp3) is 0.321. The summed E-state index contributed by atoms with van der Waals surface area (Å²) in [5, 5.41) is 13.6. The SMILES string of the molecule is COc1ccc(F)c2c1cc(C)n2C(C)CNc1cc(-c2ccc(C(=O)O)c(CC(C)C)c2)ncn1. The van der Waals surface area contributed by atoms with Gasteiger partial charge in [-0.15, -0.1) is 0 Å². The predicted octanol–water partition coefficient (Wildman–Crippen LogP) is 6.12. The highest BCUT2D eigenvalue weighted by Gasteiger charge is 2.18. The molecule has 188 valence electrons. The average Bonchev–Trinajstić information content (AvgIpc) is 3.20. The zero-order valence-corrected chi connectivity index (χ0v) is 21.2. The van der Waals surface area contributed by atoms with E-state index in [0.717, 1.165) is 22.2 Å². The molecule has 0 saturated carbocycles. The number of carboxylic acids is 1. The van der Waals surface area contributed by atoms with E-state index in [1.54, 1.807) is 25.3 Å². The van der Waals surface area contributed by atoms with Crippen molar-refractivity contribution in [1.29, 1.82) is 0 Å². The van der Waals surface area contributed by atoms with Crippen molar-refractivity contribution >= 4 is 22.7 Å². The molecule has 0 aliphatic carbocycles. The number of methoxy groups -OCH3 is 1. The van der Waals surface area contributed by atoms with E-state index < -0.39 is 5.97 Å². The number of aromatic carboxylic acids is 1. The third-order valence-electron chi connectivity index (χ3n) is 6.27. The second-order valence-electron chi connectivity index (χ2n) is 9.46. The van der Waals surface area contributed by atoms with Gasteiger partial charge < -0.3 is 19.7 Å². The van der Waals surface area contributed by atoms with E-state index in [1.807, 2.05) is 36.6 Å². The molecule has 2 N–H and O–H groups in total. The zero-order chi connectivity index (χ0) is 26.0. The summed E-state index contributed by atoms with van der Waals surface area (Å²) >= 11 is 0. The Morgan fingerprint density at radius 3 is 2.61 bits per heavy atom. The second-order valence-corrected chi connectivity index (χ2v) is 9.46. The molecule has 8 heteroatoms. The van der Waals surface area contributed by atoms with Crippen LogP contribution in [-0.2, 0) is 6.42 Å². The van der Waals surface area contributed by atoms with E-state index in [4.69, 9.17) is 4.74 Å². The molecular formula is C28H31FN4O3. The van der Waals surface area contributed by atoms with Crippen LogP contribution in [-0.4, -0.2) is 39.3 Å². The maximum absolute atomic E-state index is 14.8. The van der Waals surface area contributed by atoms with Crippen LogP contribution in [0.4, 0.5) is 10.2 Å². The predicted molar refractivity (Wildman–Crippen MR) is 139 cm³/mol. The fourth-order valence-electron chi connectivity index (χ4n) is 4.67. The Morgan fingerprint density at radius 1 is 1.14 bits per heavy atom. The lowest BCUT2D eigenvalue weighted by molar-refractivity contribution is 0.0695. The molecule has 2 heterocycles. The second kappa shape index (κ2) is 10.4. The molecule has 1 atom stereocenters. The standard InChI is InChI=1S/C28H31FN4O3/c1-16(2)10-20-12-19(6-7-21(20)28(34)35)24-13-26(32-15-31-24)30-14-18(4)33-17(3)11-22-25(36-5)9-8-23(29)27(22)33/h6-9,11-13,15-16,18H,10,14H2,1-5H3,(H,34,35)(H,30,31,32). The van der Waals surface area contributed by atoms with Gasteiger partial charge in [-0.1, -0.05) is 19.9 Å². The van der Waals surface area contributed by atoms with Gasteiger partial charge in [0.1, 0.15) is 23.7 Å². The molecule has 0 aliphatic rings. The number of nitrogens with one attached hydrogen (secondary N) is 1. The highest BCUT2D eigenvalue weighted by molar-refractivity contribution is 5.90. The smallest absolute Gasteiger partial charge is 0.335 e. The largest absolute Gasteiger partial charge is 0.496 e. The van der Waals surface area contributed by atoms with Gasteiger partial charge in [-0.25, -0.2) is 19.2 Å². The molecule has 0 bridgehead atoms.